The summed E-state index contributed by atoms with van der Waals surface area (Å²) in [6, 6.07) is 9.52. The van der Waals surface area contributed by atoms with Gasteiger partial charge in [0.05, 0.1) is 0 Å². The van der Waals surface area contributed by atoms with Crippen molar-refractivity contribution < 1.29 is 4.74 Å². The van der Waals surface area contributed by atoms with Gasteiger partial charge >= 0.3 is 0 Å². The van der Waals surface area contributed by atoms with Gasteiger partial charge < -0.3 is 10.5 Å². The van der Waals surface area contributed by atoms with Gasteiger partial charge in [-0.05, 0) is 43.9 Å². The zero-order valence-electron chi connectivity index (χ0n) is 12.1. The summed E-state index contributed by atoms with van der Waals surface area (Å²) in [6.45, 7) is 6.98. The van der Waals surface area contributed by atoms with Crippen LogP contribution in [0.4, 0.5) is 0 Å². The molecule has 0 saturated carbocycles. The Kier molecular flexibility index (Phi) is 5.23. The van der Waals surface area contributed by atoms with Crippen LogP contribution in [0, 0.1) is 0 Å². The first-order valence-corrected chi connectivity index (χ1v) is 7.42. The van der Waals surface area contributed by atoms with Gasteiger partial charge in [0.25, 0.3) is 0 Å². The summed E-state index contributed by atoms with van der Waals surface area (Å²) < 4.78 is 5.83. The molecule has 106 valence electrons. The van der Waals surface area contributed by atoms with E-state index in [9.17, 15) is 0 Å². The van der Waals surface area contributed by atoms with Crippen molar-refractivity contribution in [3.05, 3.63) is 29.8 Å². The predicted octanol–water partition coefficient (Wildman–Crippen LogP) is 2.79. The van der Waals surface area contributed by atoms with Gasteiger partial charge in [-0.25, -0.2) is 0 Å². The van der Waals surface area contributed by atoms with Gasteiger partial charge in [-0.15, -0.1) is 0 Å². The molecule has 1 aromatic rings. The molecule has 1 heterocycles. The minimum atomic E-state index is 0.587. The van der Waals surface area contributed by atoms with E-state index in [1.165, 1.54) is 19.3 Å². The fraction of sp³-hybridized carbons (Fsp3) is 0.625. The average Bonchev–Trinajstić information content (AvgIpc) is 2.80. The molecule has 2 unspecified atom stereocenters. The van der Waals surface area contributed by atoms with Crippen molar-refractivity contribution >= 4 is 0 Å². The summed E-state index contributed by atoms with van der Waals surface area (Å²) in [5.74, 6) is 0.942. The Labute approximate surface area is 116 Å². The molecule has 0 aromatic heterocycles. The third kappa shape index (κ3) is 3.71. The van der Waals surface area contributed by atoms with Crippen LogP contribution >= 0.6 is 0 Å². The zero-order valence-corrected chi connectivity index (χ0v) is 12.1. The van der Waals surface area contributed by atoms with Crippen LogP contribution in [0.15, 0.2) is 24.3 Å². The standard InChI is InChI=1S/C16H26N2O/c1-3-15-7-4-13(2)18(15)10-11-19-16-8-5-14(12-17)6-9-16/h5-6,8-9,13,15H,3-4,7,10-12,17H2,1-2H3. The molecular weight excluding hydrogens is 236 g/mol. The molecule has 0 bridgehead atoms. The zero-order chi connectivity index (χ0) is 13.7. The molecular formula is C16H26N2O. The maximum atomic E-state index is 5.83. The fourth-order valence-electron chi connectivity index (χ4n) is 2.96. The lowest BCUT2D eigenvalue weighted by Crippen LogP contribution is -2.37. The van der Waals surface area contributed by atoms with E-state index in [0.29, 0.717) is 12.6 Å². The molecule has 2 N–H and O–H groups in total. The second kappa shape index (κ2) is 6.92. The molecule has 1 aliphatic rings. The van der Waals surface area contributed by atoms with E-state index in [0.717, 1.165) is 30.5 Å². The summed E-state index contributed by atoms with van der Waals surface area (Å²) in [5.41, 5.74) is 6.73. The van der Waals surface area contributed by atoms with Crippen molar-refractivity contribution in [3.63, 3.8) is 0 Å². The Morgan fingerprint density at radius 1 is 1.26 bits per heavy atom. The van der Waals surface area contributed by atoms with Gasteiger partial charge in [-0.3, -0.25) is 4.90 Å². The SMILES string of the molecule is CCC1CCC(C)N1CCOc1ccc(CN)cc1. The van der Waals surface area contributed by atoms with Crippen LogP contribution < -0.4 is 10.5 Å². The van der Waals surface area contributed by atoms with Gasteiger partial charge in [-0.1, -0.05) is 19.1 Å². The van der Waals surface area contributed by atoms with E-state index in [4.69, 9.17) is 10.5 Å². The third-order valence-electron chi connectivity index (χ3n) is 4.20. The molecule has 3 nitrogen and oxygen atoms in total. The largest absolute Gasteiger partial charge is 0.492 e. The predicted molar refractivity (Wildman–Crippen MR) is 79.3 cm³/mol. The maximum Gasteiger partial charge on any atom is 0.119 e. The van der Waals surface area contributed by atoms with E-state index in [1.54, 1.807) is 0 Å². The molecule has 0 radical (unpaired) electrons. The van der Waals surface area contributed by atoms with Gasteiger partial charge in [0, 0.05) is 25.2 Å². The third-order valence-corrected chi connectivity index (χ3v) is 4.20. The Morgan fingerprint density at radius 3 is 2.63 bits per heavy atom. The highest BCUT2D eigenvalue weighted by Crippen LogP contribution is 2.25. The maximum absolute atomic E-state index is 5.83. The molecule has 19 heavy (non-hydrogen) atoms. The molecule has 2 rings (SSSR count). The Morgan fingerprint density at radius 2 is 2.00 bits per heavy atom. The first-order chi connectivity index (χ1) is 9.24. The topological polar surface area (TPSA) is 38.5 Å². The van der Waals surface area contributed by atoms with E-state index in [2.05, 4.69) is 18.7 Å². The molecule has 0 aliphatic carbocycles. The molecule has 1 saturated heterocycles. The minimum absolute atomic E-state index is 0.587. The second-order valence-electron chi connectivity index (χ2n) is 5.42. The van der Waals surface area contributed by atoms with E-state index >= 15 is 0 Å². The highest BCUT2D eigenvalue weighted by atomic mass is 16.5. The summed E-state index contributed by atoms with van der Waals surface area (Å²) in [4.78, 5) is 2.59. The lowest BCUT2D eigenvalue weighted by Gasteiger charge is -2.27. The average molecular weight is 262 g/mol. The molecule has 0 amide bonds. The van der Waals surface area contributed by atoms with Crippen molar-refractivity contribution in [1.29, 1.82) is 0 Å². The normalized spacial score (nSPS) is 23.7. The smallest absolute Gasteiger partial charge is 0.119 e. The number of ether oxygens (including phenoxy) is 1. The highest BCUT2D eigenvalue weighted by Gasteiger charge is 2.28. The Balaban J connectivity index is 1.79. The van der Waals surface area contributed by atoms with Crippen molar-refractivity contribution in [2.24, 2.45) is 5.73 Å². The molecule has 1 aromatic carbocycles. The van der Waals surface area contributed by atoms with Gasteiger partial charge in [0.1, 0.15) is 12.4 Å². The molecule has 0 spiro atoms. The number of rotatable bonds is 6. The van der Waals surface area contributed by atoms with E-state index < -0.39 is 0 Å². The fourth-order valence-corrected chi connectivity index (χ4v) is 2.96. The van der Waals surface area contributed by atoms with Crippen LogP contribution in [0.3, 0.4) is 0 Å². The highest BCUT2D eigenvalue weighted by molar-refractivity contribution is 5.27. The quantitative estimate of drug-likeness (QED) is 0.856. The number of likely N-dealkylation sites (tertiary alicyclic amines) is 1. The van der Waals surface area contributed by atoms with Crippen LogP contribution in [0.2, 0.25) is 0 Å². The van der Waals surface area contributed by atoms with Gasteiger partial charge in [-0.2, -0.15) is 0 Å². The van der Waals surface area contributed by atoms with Gasteiger partial charge in [0.2, 0.25) is 0 Å². The lowest BCUT2D eigenvalue weighted by molar-refractivity contribution is 0.159. The first kappa shape index (κ1) is 14.4. The van der Waals surface area contributed by atoms with Gasteiger partial charge in [0.15, 0.2) is 0 Å². The number of hydrogen-bond donors (Lipinski definition) is 1. The molecule has 1 aliphatic heterocycles. The minimum Gasteiger partial charge on any atom is -0.492 e. The van der Waals surface area contributed by atoms with Crippen molar-refractivity contribution in [2.45, 2.75) is 51.7 Å². The number of nitrogens with zero attached hydrogens (tertiary/aromatic N) is 1. The summed E-state index contributed by atoms with van der Waals surface area (Å²) >= 11 is 0. The van der Waals surface area contributed by atoms with Crippen molar-refractivity contribution in [3.8, 4) is 5.75 Å². The lowest BCUT2D eigenvalue weighted by atomic mass is 10.1. The van der Waals surface area contributed by atoms with Crippen LogP contribution in [0.25, 0.3) is 0 Å². The summed E-state index contributed by atoms with van der Waals surface area (Å²) in [6.07, 6.45) is 3.90. The summed E-state index contributed by atoms with van der Waals surface area (Å²) in [7, 11) is 0. The van der Waals surface area contributed by atoms with Crippen LogP contribution in [0.1, 0.15) is 38.7 Å². The molecule has 1 fully saturated rings. The summed E-state index contributed by atoms with van der Waals surface area (Å²) in [5, 5.41) is 0. The number of hydrogen-bond acceptors (Lipinski definition) is 3. The van der Waals surface area contributed by atoms with Crippen LogP contribution in [-0.2, 0) is 6.54 Å². The number of benzene rings is 1. The second-order valence-corrected chi connectivity index (χ2v) is 5.42. The van der Waals surface area contributed by atoms with Crippen LogP contribution in [-0.4, -0.2) is 30.1 Å². The van der Waals surface area contributed by atoms with E-state index in [-0.39, 0.29) is 0 Å². The van der Waals surface area contributed by atoms with Crippen LogP contribution in [0.5, 0.6) is 5.75 Å². The van der Waals surface area contributed by atoms with Crippen molar-refractivity contribution in [1.82, 2.24) is 4.90 Å². The first-order valence-electron chi connectivity index (χ1n) is 7.42. The monoisotopic (exact) mass is 262 g/mol. The van der Waals surface area contributed by atoms with E-state index in [1.807, 2.05) is 24.3 Å². The Bertz CT molecular complexity index is 377. The molecule has 3 heteroatoms. The molecule has 2 atom stereocenters. The van der Waals surface area contributed by atoms with Crippen molar-refractivity contribution in [2.75, 3.05) is 13.2 Å². The Hall–Kier alpha value is -1.06. The number of nitrogens with two attached hydrogens (primary N) is 1.